The van der Waals surface area contributed by atoms with Gasteiger partial charge in [-0.2, -0.15) is 0 Å². The lowest BCUT2D eigenvalue weighted by Crippen LogP contribution is -2.27. The molecule has 1 fully saturated rings. The second kappa shape index (κ2) is 8.30. The molecule has 0 unspecified atom stereocenters. The van der Waals surface area contributed by atoms with Gasteiger partial charge >= 0.3 is 5.97 Å². The second-order valence-corrected chi connectivity index (χ2v) is 7.14. The molecular formula is C19H15BrN2O6. The lowest BCUT2D eigenvalue weighted by Gasteiger charge is -2.16. The molecule has 0 aromatic heterocycles. The van der Waals surface area contributed by atoms with Crippen LogP contribution in [0.25, 0.3) is 0 Å². The van der Waals surface area contributed by atoms with Crippen LogP contribution in [-0.2, 0) is 14.3 Å². The smallest absolute Gasteiger partial charge is 0.311 e. The van der Waals surface area contributed by atoms with E-state index in [-0.39, 0.29) is 30.3 Å². The number of benzene rings is 2. The van der Waals surface area contributed by atoms with Crippen LogP contribution in [0.5, 0.6) is 0 Å². The number of hydrogen-bond acceptors (Lipinski definition) is 6. The zero-order valence-corrected chi connectivity index (χ0v) is 16.1. The van der Waals surface area contributed by atoms with Gasteiger partial charge in [-0.05, 0) is 18.2 Å². The number of halogens is 1. The highest BCUT2D eigenvalue weighted by Crippen LogP contribution is 2.28. The monoisotopic (exact) mass is 446 g/mol. The Morgan fingerprint density at radius 3 is 2.61 bits per heavy atom. The topological polar surface area (TPSA) is 107 Å². The van der Waals surface area contributed by atoms with Crippen molar-refractivity contribution in [1.82, 2.24) is 0 Å². The Hall–Kier alpha value is -3.07. The first-order valence-electron chi connectivity index (χ1n) is 8.35. The maximum Gasteiger partial charge on any atom is 0.311 e. The number of hydrogen-bond donors (Lipinski definition) is 0. The Labute approximate surface area is 168 Å². The number of anilines is 1. The summed E-state index contributed by atoms with van der Waals surface area (Å²) >= 11 is 3.27. The van der Waals surface area contributed by atoms with E-state index in [4.69, 9.17) is 4.74 Å². The standard InChI is InChI=1S/C19H15BrN2O6/c20-14-6-4-12(5-7-14)17(23)11-28-19(25)13-8-18(24)21(10-13)15-2-1-3-16(9-15)22(26)27/h1-7,9,13H,8,10-11H2/t13-/m1/s1. The molecule has 1 heterocycles. The number of non-ortho nitro benzene ring substituents is 1. The predicted molar refractivity (Wildman–Crippen MR) is 103 cm³/mol. The molecule has 0 bridgehead atoms. The van der Waals surface area contributed by atoms with Crippen LogP contribution in [0.15, 0.2) is 53.0 Å². The van der Waals surface area contributed by atoms with Crippen molar-refractivity contribution in [2.75, 3.05) is 18.1 Å². The van der Waals surface area contributed by atoms with Gasteiger partial charge in [0.2, 0.25) is 5.91 Å². The van der Waals surface area contributed by atoms with Crippen molar-refractivity contribution in [3.05, 3.63) is 68.7 Å². The van der Waals surface area contributed by atoms with Gasteiger partial charge in [-0.3, -0.25) is 24.5 Å². The van der Waals surface area contributed by atoms with Crippen molar-refractivity contribution in [1.29, 1.82) is 0 Å². The Kier molecular flexibility index (Phi) is 5.84. The number of nitro benzene ring substituents is 1. The van der Waals surface area contributed by atoms with Gasteiger partial charge < -0.3 is 9.64 Å². The molecule has 1 aliphatic heterocycles. The van der Waals surface area contributed by atoms with Crippen LogP contribution in [0.2, 0.25) is 0 Å². The molecule has 1 atom stereocenters. The number of rotatable bonds is 6. The fourth-order valence-corrected chi connectivity index (χ4v) is 3.13. The summed E-state index contributed by atoms with van der Waals surface area (Å²) in [6.45, 7) is -0.368. The van der Waals surface area contributed by atoms with Crippen molar-refractivity contribution in [2.45, 2.75) is 6.42 Å². The average molecular weight is 447 g/mol. The number of esters is 1. The molecule has 2 aromatic rings. The largest absolute Gasteiger partial charge is 0.457 e. The number of amides is 1. The quantitative estimate of drug-likeness (QED) is 0.292. The zero-order chi connectivity index (χ0) is 20.3. The van der Waals surface area contributed by atoms with Crippen molar-refractivity contribution >= 4 is 45.0 Å². The van der Waals surface area contributed by atoms with E-state index in [2.05, 4.69) is 15.9 Å². The van der Waals surface area contributed by atoms with Crippen LogP contribution in [0.3, 0.4) is 0 Å². The number of carbonyl (C=O) groups is 3. The number of carbonyl (C=O) groups excluding carboxylic acids is 3. The first kappa shape index (κ1) is 19.7. The van der Waals surface area contributed by atoms with E-state index in [0.717, 1.165) is 4.47 Å². The molecule has 0 spiro atoms. The van der Waals surface area contributed by atoms with Crippen LogP contribution in [0, 0.1) is 16.0 Å². The molecule has 0 saturated carbocycles. The summed E-state index contributed by atoms with van der Waals surface area (Å²) in [7, 11) is 0. The number of ketones is 1. The van der Waals surface area contributed by atoms with Gasteiger partial charge in [0.25, 0.3) is 5.69 Å². The molecular weight excluding hydrogens is 432 g/mol. The van der Waals surface area contributed by atoms with Gasteiger partial charge in [0.15, 0.2) is 12.4 Å². The van der Waals surface area contributed by atoms with Crippen LogP contribution in [0.1, 0.15) is 16.8 Å². The number of nitrogens with zero attached hydrogens (tertiary/aromatic N) is 2. The molecule has 0 aliphatic carbocycles. The Balaban J connectivity index is 1.60. The summed E-state index contributed by atoms with van der Waals surface area (Å²) in [4.78, 5) is 48.3. The van der Waals surface area contributed by atoms with Crippen molar-refractivity contribution in [3.63, 3.8) is 0 Å². The molecule has 0 N–H and O–H groups in total. The fourth-order valence-electron chi connectivity index (χ4n) is 2.86. The molecule has 144 valence electrons. The maximum atomic E-state index is 12.3. The first-order chi connectivity index (χ1) is 13.3. The van der Waals surface area contributed by atoms with E-state index in [1.54, 1.807) is 30.3 Å². The van der Waals surface area contributed by atoms with E-state index >= 15 is 0 Å². The van der Waals surface area contributed by atoms with Crippen molar-refractivity contribution < 1.29 is 24.0 Å². The number of Topliss-reactive ketones (excluding diaryl/α,β-unsaturated/α-hetero) is 1. The van der Waals surface area contributed by atoms with E-state index in [1.165, 1.54) is 23.1 Å². The highest BCUT2D eigenvalue weighted by Gasteiger charge is 2.36. The third-order valence-corrected chi connectivity index (χ3v) is 4.85. The van der Waals surface area contributed by atoms with Gasteiger partial charge in [0.1, 0.15) is 0 Å². The fraction of sp³-hybridized carbons (Fsp3) is 0.211. The predicted octanol–water partition coefficient (Wildman–Crippen LogP) is 3.14. The molecule has 1 aliphatic rings. The molecule has 1 amide bonds. The maximum absolute atomic E-state index is 12.3. The van der Waals surface area contributed by atoms with Gasteiger partial charge in [-0.15, -0.1) is 0 Å². The molecule has 8 nitrogen and oxygen atoms in total. The number of ether oxygens (including phenoxy) is 1. The van der Waals surface area contributed by atoms with Crippen LogP contribution in [0.4, 0.5) is 11.4 Å². The van der Waals surface area contributed by atoms with E-state index < -0.39 is 23.4 Å². The summed E-state index contributed by atoms with van der Waals surface area (Å²) in [5.41, 5.74) is 0.619. The Bertz CT molecular complexity index is 944. The molecule has 1 saturated heterocycles. The lowest BCUT2D eigenvalue weighted by molar-refractivity contribution is -0.384. The normalized spacial score (nSPS) is 16.1. The molecule has 9 heteroatoms. The van der Waals surface area contributed by atoms with Crippen molar-refractivity contribution in [2.24, 2.45) is 5.92 Å². The summed E-state index contributed by atoms with van der Waals surface area (Å²) in [5.74, 6) is -2.06. The highest BCUT2D eigenvalue weighted by atomic mass is 79.9. The Morgan fingerprint density at radius 2 is 1.93 bits per heavy atom. The van der Waals surface area contributed by atoms with Gasteiger partial charge in [0.05, 0.1) is 16.5 Å². The second-order valence-electron chi connectivity index (χ2n) is 6.22. The third kappa shape index (κ3) is 4.42. The van der Waals surface area contributed by atoms with E-state index in [9.17, 15) is 24.5 Å². The summed E-state index contributed by atoms with van der Waals surface area (Å²) < 4.78 is 5.91. The molecule has 0 radical (unpaired) electrons. The average Bonchev–Trinajstić information content (AvgIpc) is 3.08. The van der Waals surface area contributed by atoms with Crippen LogP contribution < -0.4 is 4.90 Å². The minimum absolute atomic E-state index is 0.0469. The van der Waals surface area contributed by atoms with Gasteiger partial charge in [-0.25, -0.2) is 0 Å². The molecule has 2 aromatic carbocycles. The van der Waals surface area contributed by atoms with Crippen molar-refractivity contribution in [3.8, 4) is 0 Å². The lowest BCUT2D eigenvalue weighted by atomic mass is 10.1. The van der Waals surface area contributed by atoms with Crippen LogP contribution in [-0.4, -0.2) is 35.7 Å². The van der Waals surface area contributed by atoms with Gasteiger partial charge in [0, 0.05) is 35.1 Å². The molecule has 3 rings (SSSR count). The van der Waals surface area contributed by atoms with E-state index in [1.807, 2.05) is 0 Å². The SMILES string of the molecule is O=C(COC(=O)[C@@H]1CC(=O)N(c2cccc([N+](=O)[O-])c2)C1)c1ccc(Br)cc1. The minimum Gasteiger partial charge on any atom is -0.457 e. The summed E-state index contributed by atoms with van der Waals surface area (Å²) in [6, 6.07) is 12.3. The third-order valence-electron chi connectivity index (χ3n) is 4.32. The zero-order valence-electron chi connectivity index (χ0n) is 14.5. The Morgan fingerprint density at radius 1 is 1.21 bits per heavy atom. The molecule has 28 heavy (non-hydrogen) atoms. The minimum atomic E-state index is -0.732. The highest BCUT2D eigenvalue weighted by molar-refractivity contribution is 9.10. The van der Waals surface area contributed by atoms with Gasteiger partial charge in [-0.1, -0.05) is 34.1 Å². The summed E-state index contributed by atoms with van der Waals surface area (Å²) in [5, 5.41) is 10.9. The van der Waals surface area contributed by atoms with E-state index in [0.29, 0.717) is 11.3 Å². The van der Waals surface area contributed by atoms with Crippen LogP contribution >= 0.6 is 15.9 Å². The first-order valence-corrected chi connectivity index (χ1v) is 9.14. The summed E-state index contributed by atoms with van der Waals surface area (Å²) in [6.07, 6.45) is -0.0754. The number of nitro groups is 1.